The van der Waals surface area contributed by atoms with E-state index in [-0.39, 0.29) is 23.2 Å². The lowest BCUT2D eigenvalue weighted by Crippen LogP contribution is -2.56. The highest BCUT2D eigenvalue weighted by Gasteiger charge is 2.63. The number of rotatable bonds is 1. The van der Waals surface area contributed by atoms with E-state index >= 15 is 0 Å². The molecule has 0 aromatic rings. The van der Waals surface area contributed by atoms with Gasteiger partial charge < -0.3 is 9.84 Å². The normalized spacial score (nSPS) is 50.2. The van der Waals surface area contributed by atoms with Crippen LogP contribution in [-0.2, 0) is 14.3 Å². The van der Waals surface area contributed by atoms with Crippen LogP contribution in [0, 0.1) is 22.7 Å². The molecule has 0 aromatic carbocycles. The van der Waals surface area contributed by atoms with Crippen LogP contribution in [0.1, 0.15) is 46.5 Å². The molecular weight excluding hydrogens is 256 g/mol. The van der Waals surface area contributed by atoms with Gasteiger partial charge in [0.05, 0.1) is 11.8 Å². The van der Waals surface area contributed by atoms with Crippen LogP contribution in [-0.4, -0.2) is 22.6 Å². The van der Waals surface area contributed by atoms with Crippen molar-refractivity contribution in [3.8, 4) is 0 Å². The topological polar surface area (TPSA) is 63.6 Å². The van der Waals surface area contributed by atoms with E-state index in [4.69, 9.17) is 4.74 Å². The summed E-state index contributed by atoms with van der Waals surface area (Å²) in [5, 5.41) is 9.68. The number of hydrogen-bond donors (Lipinski definition) is 1. The number of fused-ring (bicyclic) bond motifs is 3. The van der Waals surface area contributed by atoms with Gasteiger partial charge in [-0.25, -0.2) is 0 Å². The Bertz CT molecular complexity index is 511. The van der Waals surface area contributed by atoms with Gasteiger partial charge in [0, 0.05) is 5.92 Å². The SMILES string of the molecule is CC1(C(=O)O)CCCC2(C)[C@H]3CC(=O)O[C@@]3(C)C=C[C@@H]12. The highest BCUT2D eigenvalue weighted by atomic mass is 16.6. The molecule has 2 unspecified atom stereocenters. The van der Waals surface area contributed by atoms with E-state index in [9.17, 15) is 14.7 Å². The van der Waals surface area contributed by atoms with Crippen molar-refractivity contribution < 1.29 is 19.4 Å². The fourth-order valence-corrected chi connectivity index (χ4v) is 4.99. The molecule has 5 atom stereocenters. The summed E-state index contributed by atoms with van der Waals surface area (Å²) >= 11 is 0. The molecule has 1 saturated heterocycles. The molecule has 3 rings (SSSR count). The first-order valence-corrected chi connectivity index (χ1v) is 7.37. The average molecular weight is 278 g/mol. The summed E-state index contributed by atoms with van der Waals surface area (Å²) in [6.45, 7) is 5.95. The summed E-state index contributed by atoms with van der Waals surface area (Å²) in [5.41, 5.74) is -1.48. The number of carbonyl (C=O) groups excluding carboxylic acids is 1. The molecule has 2 aliphatic carbocycles. The van der Waals surface area contributed by atoms with Gasteiger partial charge >= 0.3 is 11.9 Å². The van der Waals surface area contributed by atoms with Crippen LogP contribution in [0.4, 0.5) is 0 Å². The van der Waals surface area contributed by atoms with Crippen LogP contribution in [0.3, 0.4) is 0 Å². The zero-order chi connectivity index (χ0) is 14.8. The first-order chi connectivity index (χ1) is 9.22. The Morgan fingerprint density at radius 3 is 2.70 bits per heavy atom. The number of aliphatic carboxylic acids is 1. The molecule has 0 aromatic heterocycles. The molecule has 20 heavy (non-hydrogen) atoms. The first kappa shape index (κ1) is 13.7. The summed E-state index contributed by atoms with van der Waals surface area (Å²) in [5.74, 6) is -0.844. The summed E-state index contributed by atoms with van der Waals surface area (Å²) in [7, 11) is 0. The monoisotopic (exact) mass is 278 g/mol. The Hall–Kier alpha value is -1.32. The van der Waals surface area contributed by atoms with Gasteiger partial charge in [0.25, 0.3) is 0 Å². The van der Waals surface area contributed by atoms with E-state index in [1.54, 1.807) is 0 Å². The van der Waals surface area contributed by atoms with Crippen LogP contribution in [0.2, 0.25) is 0 Å². The van der Waals surface area contributed by atoms with Gasteiger partial charge in [-0.2, -0.15) is 0 Å². The van der Waals surface area contributed by atoms with E-state index in [1.165, 1.54) is 0 Å². The molecule has 4 nitrogen and oxygen atoms in total. The fraction of sp³-hybridized carbons (Fsp3) is 0.750. The lowest BCUT2D eigenvalue weighted by Gasteiger charge is -2.56. The lowest BCUT2D eigenvalue weighted by molar-refractivity contribution is -0.164. The molecule has 1 N–H and O–H groups in total. The van der Waals surface area contributed by atoms with E-state index in [0.29, 0.717) is 12.8 Å². The van der Waals surface area contributed by atoms with E-state index in [1.807, 2.05) is 26.0 Å². The maximum atomic E-state index is 11.8. The molecule has 1 aliphatic heterocycles. The van der Waals surface area contributed by atoms with Crippen molar-refractivity contribution >= 4 is 11.9 Å². The van der Waals surface area contributed by atoms with Gasteiger partial charge in [0.15, 0.2) is 0 Å². The Balaban J connectivity index is 2.09. The number of ether oxygens (including phenoxy) is 1. The third kappa shape index (κ3) is 1.54. The molecule has 110 valence electrons. The largest absolute Gasteiger partial charge is 0.481 e. The number of carboxylic acids is 1. The number of carboxylic acid groups (broad SMARTS) is 1. The van der Waals surface area contributed by atoms with Crippen LogP contribution < -0.4 is 0 Å². The number of esters is 1. The molecule has 0 amide bonds. The maximum Gasteiger partial charge on any atom is 0.309 e. The van der Waals surface area contributed by atoms with E-state index in [0.717, 1.165) is 12.8 Å². The average Bonchev–Trinajstić information content (AvgIpc) is 2.65. The van der Waals surface area contributed by atoms with Crippen molar-refractivity contribution in [2.75, 3.05) is 0 Å². The van der Waals surface area contributed by atoms with Crippen molar-refractivity contribution in [2.45, 2.75) is 52.1 Å². The molecule has 4 heteroatoms. The molecule has 3 aliphatic rings. The second-order valence-electron chi connectivity index (χ2n) is 7.33. The minimum Gasteiger partial charge on any atom is -0.481 e. The summed E-state index contributed by atoms with van der Waals surface area (Å²) < 4.78 is 5.52. The molecular formula is C16H22O4. The molecule has 0 radical (unpaired) electrons. The maximum absolute atomic E-state index is 11.8. The highest BCUT2D eigenvalue weighted by molar-refractivity contribution is 5.76. The Morgan fingerprint density at radius 2 is 2.05 bits per heavy atom. The van der Waals surface area contributed by atoms with Crippen molar-refractivity contribution in [3.63, 3.8) is 0 Å². The fourth-order valence-electron chi connectivity index (χ4n) is 4.99. The molecule has 2 fully saturated rings. The molecule has 1 heterocycles. The third-order valence-electron chi connectivity index (χ3n) is 6.11. The number of hydrogen-bond acceptors (Lipinski definition) is 3. The minimum absolute atomic E-state index is 0.0335. The van der Waals surface area contributed by atoms with Crippen LogP contribution in [0.5, 0.6) is 0 Å². The summed E-state index contributed by atoms with van der Waals surface area (Å²) in [6, 6.07) is 0. The Kier molecular flexibility index (Phi) is 2.64. The smallest absolute Gasteiger partial charge is 0.309 e. The highest BCUT2D eigenvalue weighted by Crippen LogP contribution is 2.62. The van der Waals surface area contributed by atoms with Gasteiger partial charge in [0.2, 0.25) is 0 Å². The zero-order valence-electron chi connectivity index (χ0n) is 12.3. The first-order valence-electron chi connectivity index (χ1n) is 7.37. The van der Waals surface area contributed by atoms with Gasteiger partial charge in [-0.15, -0.1) is 0 Å². The van der Waals surface area contributed by atoms with Crippen molar-refractivity contribution in [3.05, 3.63) is 12.2 Å². The lowest BCUT2D eigenvalue weighted by atomic mass is 9.47. The van der Waals surface area contributed by atoms with E-state index < -0.39 is 17.0 Å². The van der Waals surface area contributed by atoms with Gasteiger partial charge in [-0.05, 0) is 44.1 Å². The predicted molar refractivity (Wildman–Crippen MR) is 72.9 cm³/mol. The Labute approximate surface area is 119 Å². The van der Waals surface area contributed by atoms with Crippen molar-refractivity contribution in [2.24, 2.45) is 22.7 Å². The predicted octanol–water partition coefficient (Wildman–Crippen LogP) is 2.78. The standard InChI is InChI=1S/C16H22O4/c1-14-6-4-7-15(2,13(18)19)10(14)5-8-16(3)11(14)9-12(17)20-16/h5,8,10-11H,4,6-7,9H2,1-3H3,(H,18,19)/t10-,11-,14?,15?,16+/m1/s1. The molecule has 0 bridgehead atoms. The van der Waals surface area contributed by atoms with Crippen LogP contribution >= 0.6 is 0 Å². The van der Waals surface area contributed by atoms with Crippen molar-refractivity contribution in [1.82, 2.24) is 0 Å². The van der Waals surface area contributed by atoms with Crippen molar-refractivity contribution in [1.29, 1.82) is 0 Å². The van der Waals surface area contributed by atoms with Gasteiger partial charge in [0.1, 0.15) is 5.60 Å². The molecule has 0 spiro atoms. The second kappa shape index (κ2) is 3.86. The second-order valence-corrected chi connectivity index (χ2v) is 7.33. The van der Waals surface area contributed by atoms with Crippen LogP contribution in [0.15, 0.2) is 12.2 Å². The Morgan fingerprint density at radius 1 is 1.35 bits per heavy atom. The van der Waals surface area contributed by atoms with Gasteiger partial charge in [-0.1, -0.05) is 19.4 Å². The third-order valence-corrected chi connectivity index (χ3v) is 6.11. The number of carbonyl (C=O) groups is 2. The summed E-state index contributed by atoms with van der Waals surface area (Å²) in [4.78, 5) is 23.5. The van der Waals surface area contributed by atoms with Gasteiger partial charge in [-0.3, -0.25) is 9.59 Å². The summed E-state index contributed by atoms with van der Waals surface area (Å²) in [6.07, 6.45) is 6.89. The number of allylic oxidation sites excluding steroid dienone is 1. The molecule has 1 saturated carbocycles. The minimum atomic E-state index is -0.740. The quantitative estimate of drug-likeness (QED) is 0.591. The van der Waals surface area contributed by atoms with Crippen LogP contribution in [0.25, 0.3) is 0 Å². The zero-order valence-corrected chi connectivity index (χ0v) is 12.3. The van der Waals surface area contributed by atoms with E-state index in [2.05, 4.69) is 6.92 Å².